The number of nitrogens with zero attached hydrogens (tertiary/aromatic N) is 1. The van der Waals surface area contributed by atoms with Crippen molar-refractivity contribution in [2.75, 3.05) is 12.4 Å². The lowest BCUT2D eigenvalue weighted by molar-refractivity contribution is 0.220. The van der Waals surface area contributed by atoms with Crippen LogP contribution in [-0.2, 0) is 23.0 Å². The minimum absolute atomic E-state index is 0.0593. The summed E-state index contributed by atoms with van der Waals surface area (Å²) in [5.74, 6) is 0.321. The molecule has 1 aromatic rings. The maximum absolute atomic E-state index is 10.8. The zero-order valence-electron chi connectivity index (χ0n) is 9.97. The van der Waals surface area contributed by atoms with E-state index < -0.39 is 11.1 Å². The van der Waals surface area contributed by atoms with E-state index in [-0.39, 0.29) is 17.0 Å². The van der Waals surface area contributed by atoms with Gasteiger partial charge in [-0.2, -0.15) is 0 Å². The largest absolute Gasteiger partial charge is 0.771 e. The Morgan fingerprint density at radius 1 is 1.53 bits per heavy atom. The quantitative estimate of drug-likeness (QED) is 0.809. The summed E-state index contributed by atoms with van der Waals surface area (Å²) >= 11 is -2.05. The summed E-state index contributed by atoms with van der Waals surface area (Å²) in [5.41, 5.74) is 2.04. The molecule has 1 aromatic carbocycles. The van der Waals surface area contributed by atoms with E-state index in [0.29, 0.717) is 13.1 Å². The standard InChI is InChI=1S/C12H17NO3S/c1-12(2)7-13(8-17(15)16)6-9-3-4-10(14)5-11(9)12/h3-5,14H,6-8H2,1-2H3,(H,15,16)/p-1. The molecule has 0 aromatic heterocycles. The average Bonchev–Trinajstić information content (AvgIpc) is 2.17. The molecule has 0 fully saturated rings. The van der Waals surface area contributed by atoms with Gasteiger partial charge in [0.15, 0.2) is 0 Å². The molecule has 0 aliphatic carbocycles. The second-order valence-electron chi connectivity index (χ2n) is 5.15. The Kier molecular flexibility index (Phi) is 3.25. The number of phenolic OH excluding ortho intramolecular Hbond substituents is 1. The van der Waals surface area contributed by atoms with Crippen LogP contribution in [0.25, 0.3) is 0 Å². The Morgan fingerprint density at radius 2 is 2.24 bits per heavy atom. The number of rotatable bonds is 2. The summed E-state index contributed by atoms with van der Waals surface area (Å²) in [6.45, 7) is 5.42. The Morgan fingerprint density at radius 3 is 2.88 bits per heavy atom. The minimum Gasteiger partial charge on any atom is -0.771 e. The van der Waals surface area contributed by atoms with Gasteiger partial charge in [0.05, 0.1) is 5.88 Å². The summed E-state index contributed by atoms with van der Waals surface area (Å²) in [4.78, 5) is 1.91. The van der Waals surface area contributed by atoms with Crippen LogP contribution in [0.4, 0.5) is 0 Å². The summed E-state index contributed by atoms with van der Waals surface area (Å²) in [7, 11) is 0. The van der Waals surface area contributed by atoms with Crippen LogP contribution in [0.1, 0.15) is 25.0 Å². The molecule has 0 saturated heterocycles. The van der Waals surface area contributed by atoms with Crippen molar-refractivity contribution in [1.82, 2.24) is 4.90 Å². The maximum Gasteiger partial charge on any atom is 0.115 e. The van der Waals surface area contributed by atoms with E-state index in [1.54, 1.807) is 12.1 Å². The van der Waals surface area contributed by atoms with Crippen molar-refractivity contribution in [2.45, 2.75) is 25.8 Å². The molecule has 1 N–H and O–H groups in total. The fourth-order valence-electron chi connectivity index (χ4n) is 2.51. The van der Waals surface area contributed by atoms with Gasteiger partial charge in [0.25, 0.3) is 0 Å². The highest BCUT2D eigenvalue weighted by molar-refractivity contribution is 7.79. The molecule has 0 amide bonds. The molecule has 2 rings (SSSR count). The molecule has 0 radical (unpaired) electrons. The summed E-state index contributed by atoms with van der Waals surface area (Å²) < 4.78 is 21.5. The van der Waals surface area contributed by atoms with Gasteiger partial charge in [-0.1, -0.05) is 19.9 Å². The first-order chi connectivity index (χ1) is 7.88. The van der Waals surface area contributed by atoms with Crippen LogP contribution in [0.15, 0.2) is 18.2 Å². The molecule has 1 atom stereocenters. The van der Waals surface area contributed by atoms with Gasteiger partial charge in [-0.05, 0) is 34.3 Å². The van der Waals surface area contributed by atoms with Crippen molar-refractivity contribution in [1.29, 1.82) is 0 Å². The Bertz CT molecular complexity index is 459. The van der Waals surface area contributed by atoms with Gasteiger partial charge in [-0.15, -0.1) is 0 Å². The van der Waals surface area contributed by atoms with E-state index in [2.05, 4.69) is 13.8 Å². The number of benzene rings is 1. The van der Waals surface area contributed by atoms with Crippen LogP contribution >= 0.6 is 0 Å². The molecule has 1 unspecified atom stereocenters. The molecule has 1 aliphatic heterocycles. The first-order valence-electron chi connectivity index (χ1n) is 5.49. The van der Waals surface area contributed by atoms with Crippen molar-refractivity contribution in [3.05, 3.63) is 29.3 Å². The molecule has 0 bridgehead atoms. The molecule has 4 nitrogen and oxygen atoms in total. The predicted molar refractivity (Wildman–Crippen MR) is 65.3 cm³/mol. The van der Waals surface area contributed by atoms with Crippen LogP contribution in [0.3, 0.4) is 0 Å². The highest BCUT2D eigenvalue weighted by Gasteiger charge is 2.31. The molecule has 1 heterocycles. The van der Waals surface area contributed by atoms with Gasteiger partial charge in [-0.25, -0.2) is 0 Å². The van der Waals surface area contributed by atoms with E-state index in [1.165, 1.54) is 0 Å². The lowest BCUT2D eigenvalue weighted by Gasteiger charge is -2.40. The minimum atomic E-state index is -2.05. The van der Waals surface area contributed by atoms with Crippen molar-refractivity contribution in [2.24, 2.45) is 0 Å². The van der Waals surface area contributed by atoms with E-state index in [9.17, 15) is 13.9 Å². The van der Waals surface area contributed by atoms with Crippen LogP contribution in [0.2, 0.25) is 0 Å². The van der Waals surface area contributed by atoms with Gasteiger partial charge in [0.1, 0.15) is 5.75 Å². The summed E-state index contributed by atoms with van der Waals surface area (Å²) in [6.07, 6.45) is 0. The van der Waals surface area contributed by atoms with Crippen molar-refractivity contribution in [3.63, 3.8) is 0 Å². The number of hydrogen-bond donors (Lipinski definition) is 1. The zero-order valence-corrected chi connectivity index (χ0v) is 10.8. The van der Waals surface area contributed by atoms with Crippen LogP contribution in [0, 0.1) is 0 Å². The molecule has 94 valence electrons. The van der Waals surface area contributed by atoms with Gasteiger partial charge in [0.2, 0.25) is 0 Å². The molecule has 1 aliphatic rings. The Balaban J connectivity index is 2.34. The third-order valence-corrected chi connectivity index (χ3v) is 3.70. The second kappa shape index (κ2) is 4.40. The van der Waals surface area contributed by atoms with Crippen LogP contribution in [-0.4, -0.2) is 31.2 Å². The summed E-state index contributed by atoms with van der Waals surface area (Å²) in [5, 5.41) is 9.52. The fourth-order valence-corrected chi connectivity index (χ4v) is 2.99. The fraction of sp³-hybridized carbons (Fsp3) is 0.500. The third kappa shape index (κ3) is 2.68. The van der Waals surface area contributed by atoms with Gasteiger partial charge in [0, 0.05) is 18.5 Å². The van der Waals surface area contributed by atoms with Crippen molar-refractivity contribution >= 4 is 11.1 Å². The monoisotopic (exact) mass is 254 g/mol. The van der Waals surface area contributed by atoms with E-state index >= 15 is 0 Å². The number of aromatic hydroxyl groups is 1. The molecule has 0 spiro atoms. The lowest BCUT2D eigenvalue weighted by atomic mass is 9.78. The molecular formula is C12H16NO3S-. The molecular weight excluding hydrogens is 238 g/mol. The smallest absolute Gasteiger partial charge is 0.115 e. The van der Waals surface area contributed by atoms with Crippen molar-refractivity contribution < 1.29 is 13.9 Å². The van der Waals surface area contributed by atoms with Crippen LogP contribution in [0.5, 0.6) is 5.75 Å². The first kappa shape index (κ1) is 12.5. The van der Waals surface area contributed by atoms with Crippen molar-refractivity contribution in [3.8, 4) is 5.75 Å². The first-order valence-corrected chi connectivity index (χ1v) is 6.73. The number of hydrogen-bond acceptors (Lipinski definition) is 4. The number of fused-ring (bicyclic) bond motifs is 1. The van der Waals surface area contributed by atoms with Gasteiger partial charge in [-0.3, -0.25) is 9.11 Å². The van der Waals surface area contributed by atoms with Gasteiger partial charge >= 0.3 is 0 Å². The second-order valence-corrected chi connectivity index (χ2v) is 6.01. The highest BCUT2D eigenvalue weighted by atomic mass is 32.2. The number of phenols is 1. The highest BCUT2D eigenvalue weighted by Crippen LogP contribution is 2.35. The van der Waals surface area contributed by atoms with Crippen LogP contribution < -0.4 is 0 Å². The normalized spacial score (nSPS) is 20.9. The predicted octanol–water partition coefficient (Wildman–Crippen LogP) is 1.32. The SMILES string of the molecule is CC1(C)CN(CS(=O)[O-])Cc2ccc(O)cc21. The molecule has 0 saturated carbocycles. The van der Waals surface area contributed by atoms with E-state index in [0.717, 1.165) is 11.1 Å². The summed E-state index contributed by atoms with van der Waals surface area (Å²) in [6, 6.07) is 5.29. The zero-order chi connectivity index (χ0) is 12.6. The van der Waals surface area contributed by atoms with Gasteiger partial charge < -0.3 is 9.66 Å². The average molecular weight is 254 g/mol. The molecule has 5 heteroatoms. The third-order valence-electron chi connectivity index (χ3n) is 3.12. The van der Waals surface area contributed by atoms with E-state index in [1.807, 2.05) is 11.0 Å². The Labute approximate surface area is 104 Å². The molecule has 17 heavy (non-hydrogen) atoms. The topological polar surface area (TPSA) is 63.6 Å². The van der Waals surface area contributed by atoms with E-state index in [4.69, 9.17) is 0 Å². The lowest BCUT2D eigenvalue weighted by Crippen LogP contribution is -2.43. The maximum atomic E-state index is 10.8. The Hall–Kier alpha value is -0.910.